The molecule has 2 heterocycles. The van der Waals surface area contributed by atoms with Crippen molar-refractivity contribution in [3.8, 4) is 0 Å². The van der Waals surface area contributed by atoms with Gasteiger partial charge in [0.15, 0.2) is 0 Å². The third-order valence-electron chi connectivity index (χ3n) is 4.25. The molecule has 1 aromatic heterocycles. The highest BCUT2D eigenvalue weighted by Gasteiger charge is 2.45. The van der Waals surface area contributed by atoms with Crippen molar-refractivity contribution in [2.45, 2.75) is 38.9 Å². The standard InChI is InChI=1S/C19H24N2O4S/c1-12-13-7-5-6-8-14(13)26-15(12)16(22)20-9-19(24)10-21(11-19)17(23)25-18(2,3)4/h5-8,24H,9-11H2,1-4H3,(H,20,22). The van der Waals surface area contributed by atoms with Gasteiger partial charge in [-0.05, 0) is 44.7 Å². The van der Waals surface area contributed by atoms with Crippen molar-refractivity contribution in [1.29, 1.82) is 0 Å². The maximum atomic E-state index is 12.5. The molecule has 6 nitrogen and oxygen atoms in total. The van der Waals surface area contributed by atoms with Gasteiger partial charge in [0.05, 0.1) is 24.5 Å². The molecule has 1 aromatic carbocycles. The molecule has 7 heteroatoms. The Morgan fingerprint density at radius 3 is 2.58 bits per heavy atom. The number of amides is 2. The second kappa shape index (κ2) is 6.55. The molecule has 0 bridgehead atoms. The number of aliphatic hydroxyl groups is 1. The Morgan fingerprint density at radius 2 is 1.96 bits per heavy atom. The maximum absolute atomic E-state index is 12.5. The number of nitrogens with zero attached hydrogens (tertiary/aromatic N) is 1. The molecule has 3 rings (SSSR count). The first-order valence-electron chi connectivity index (χ1n) is 8.55. The number of fused-ring (bicyclic) bond motifs is 1. The van der Waals surface area contributed by atoms with Gasteiger partial charge in [0.2, 0.25) is 0 Å². The van der Waals surface area contributed by atoms with Crippen LogP contribution in [0, 0.1) is 6.92 Å². The molecule has 2 N–H and O–H groups in total. The van der Waals surface area contributed by atoms with E-state index in [1.807, 2.05) is 31.2 Å². The lowest BCUT2D eigenvalue weighted by Gasteiger charge is -2.46. The third-order valence-corrected chi connectivity index (χ3v) is 5.52. The van der Waals surface area contributed by atoms with Crippen LogP contribution in [0.3, 0.4) is 0 Å². The molecule has 1 saturated heterocycles. The van der Waals surface area contributed by atoms with E-state index in [9.17, 15) is 14.7 Å². The van der Waals surface area contributed by atoms with Gasteiger partial charge in [0.1, 0.15) is 11.2 Å². The highest BCUT2D eigenvalue weighted by molar-refractivity contribution is 7.21. The van der Waals surface area contributed by atoms with Crippen LogP contribution in [0.25, 0.3) is 10.1 Å². The van der Waals surface area contributed by atoms with Crippen LogP contribution in [0.2, 0.25) is 0 Å². The van der Waals surface area contributed by atoms with Crippen LogP contribution in [-0.2, 0) is 4.74 Å². The lowest BCUT2D eigenvalue weighted by atomic mass is 9.94. The predicted octanol–water partition coefficient (Wildman–Crippen LogP) is 2.92. The molecule has 0 saturated carbocycles. The van der Waals surface area contributed by atoms with Crippen LogP contribution >= 0.6 is 11.3 Å². The number of carbonyl (C=O) groups excluding carboxylic acids is 2. The molecule has 1 aliphatic heterocycles. The first-order valence-corrected chi connectivity index (χ1v) is 9.36. The molecule has 1 aliphatic rings. The smallest absolute Gasteiger partial charge is 0.410 e. The zero-order valence-electron chi connectivity index (χ0n) is 15.5. The van der Waals surface area contributed by atoms with E-state index in [2.05, 4.69) is 5.32 Å². The van der Waals surface area contributed by atoms with Gasteiger partial charge in [-0.3, -0.25) is 4.79 Å². The zero-order chi connectivity index (χ0) is 19.1. The Hall–Kier alpha value is -2.12. The molecule has 2 aromatic rings. The number of ether oxygens (including phenoxy) is 1. The number of carbonyl (C=O) groups is 2. The summed E-state index contributed by atoms with van der Waals surface area (Å²) < 4.78 is 6.33. The summed E-state index contributed by atoms with van der Waals surface area (Å²) in [4.78, 5) is 26.5. The van der Waals surface area contributed by atoms with E-state index < -0.39 is 17.3 Å². The van der Waals surface area contributed by atoms with Gasteiger partial charge < -0.3 is 20.1 Å². The van der Waals surface area contributed by atoms with Crippen molar-refractivity contribution in [3.05, 3.63) is 34.7 Å². The Morgan fingerprint density at radius 1 is 1.31 bits per heavy atom. The van der Waals surface area contributed by atoms with Crippen molar-refractivity contribution >= 4 is 33.4 Å². The van der Waals surface area contributed by atoms with Gasteiger partial charge >= 0.3 is 6.09 Å². The van der Waals surface area contributed by atoms with Crippen molar-refractivity contribution in [2.75, 3.05) is 19.6 Å². The van der Waals surface area contributed by atoms with Gasteiger partial charge in [0, 0.05) is 4.70 Å². The summed E-state index contributed by atoms with van der Waals surface area (Å²) in [5.74, 6) is -0.201. The fraction of sp³-hybridized carbons (Fsp3) is 0.474. The summed E-state index contributed by atoms with van der Waals surface area (Å²) in [6.45, 7) is 7.70. The highest BCUT2D eigenvalue weighted by atomic mass is 32.1. The normalized spacial score (nSPS) is 16.3. The Bertz CT molecular complexity index is 847. The van der Waals surface area contributed by atoms with Crippen LogP contribution in [0.5, 0.6) is 0 Å². The second-order valence-electron chi connectivity index (χ2n) is 7.80. The van der Waals surface area contributed by atoms with Crippen LogP contribution in [-0.4, -0.2) is 52.8 Å². The summed E-state index contributed by atoms with van der Waals surface area (Å²) >= 11 is 1.44. The minimum Gasteiger partial charge on any atom is -0.444 e. The third kappa shape index (κ3) is 3.83. The van der Waals surface area contributed by atoms with E-state index in [0.29, 0.717) is 4.88 Å². The first-order chi connectivity index (χ1) is 12.1. The molecule has 1 fully saturated rings. The highest BCUT2D eigenvalue weighted by Crippen LogP contribution is 2.30. The summed E-state index contributed by atoms with van der Waals surface area (Å²) in [6.07, 6.45) is -0.450. The van der Waals surface area contributed by atoms with Crippen molar-refractivity contribution < 1.29 is 19.4 Å². The number of aryl methyl sites for hydroxylation is 1. The number of nitrogens with one attached hydrogen (secondary N) is 1. The minimum absolute atomic E-state index is 0.0960. The number of thiophene rings is 1. The summed E-state index contributed by atoms with van der Waals surface area (Å²) in [5, 5.41) is 14.3. The second-order valence-corrected chi connectivity index (χ2v) is 8.85. The van der Waals surface area contributed by atoms with Crippen LogP contribution < -0.4 is 5.32 Å². The fourth-order valence-electron chi connectivity index (χ4n) is 2.95. The van der Waals surface area contributed by atoms with E-state index in [1.54, 1.807) is 20.8 Å². The van der Waals surface area contributed by atoms with Gasteiger partial charge in [-0.1, -0.05) is 18.2 Å². The van der Waals surface area contributed by atoms with E-state index >= 15 is 0 Å². The topological polar surface area (TPSA) is 78.9 Å². The number of likely N-dealkylation sites (tertiary alicyclic amines) is 1. The Labute approximate surface area is 156 Å². The monoisotopic (exact) mass is 376 g/mol. The van der Waals surface area contributed by atoms with Crippen LogP contribution in [0.1, 0.15) is 36.0 Å². The largest absolute Gasteiger partial charge is 0.444 e. The number of β-amino-alcohol motifs (C(OH)–C–C–N with tert-alkyl or cyclic N) is 1. The fourth-order valence-corrected chi connectivity index (χ4v) is 4.07. The van der Waals surface area contributed by atoms with Crippen LogP contribution in [0.4, 0.5) is 4.79 Å². The molecule has 0 spiro atoms. The molecule has 0 aliphatic carbocycles. The van der Waals surface area contributed by atoms with E-state index in [0.717, 1.165) is 15.6 Å². The number of hydrogen-bond acceptors (Lipinski definition) is 5. The molecule has 2 amide bonds. The summed E-state index contributed by atoms with van der Waals surface area (Å²) in [5.41, 5.74) is -0.742. The van der Waals surface area contributed by atoms with E-state index in [4.69, 9.17) is 4.74 Å². The minimum atomic E-state index is -1.11. The SMILES string of the molecule is Cc1c(C(=O)NCC2(O)CN(C(=O)OC(C)(C)C)C2)sc2ccccc12. The lowest BCUT2D eigenvalue weighted by molar-refractivity contribution is -0.0948. The molecule has 0 atom stereocenters. The first kappa shape index (κ1) is 18.7. The van der Waals surface area contributed by atoms with Gasteiger partial charge in [-0.2, -0.15) is 0 Å². The van der Waals surface area contributed by atoms with Crippen molar-refractivity contribution in [2.24, 2.45) is 0 Å². The maximum Gasteiger partial charge on any atom is 0.410 e. The number of hydrogen-bond donors (Lipinski definition) is 2. The average Bonchev–Trinajstić information content (AvgIpc) is 2.86. The number of rotatable bonds is 3. The van der Waals surface area contributed by atoms with Crippen molar-refractivity contribution in [3.63, 3.8) is 0 Å². The quantitative estimate of drug-likeness (QED) is 0.863. The van der Waals surface area contributed by atoms with Gasteiger partial charge in [0.25, 0.3) is 5.91 Å². The number of benzene rings is 1. The van der Waals surface area contributed by atoms with Gasteiger partial charge in [-0.15, -0.1) is 11.3 Å². The molecular formula is C19H24N2O4S. The molecular weight excluding hydrogens is 352 g/mol. The molecule has 0 radical (unpaired) electrons. The molecule has 0 unspecified atom stereocenters. The van der Waals surface area contributed by atoms with E-state index in [1.165, 1.54) is 16.2 Å². The zero-order valence-corrected chi connectivity index (χ0v) is 16.3. The van der Waals surface area contributed by atoms with Crippen LogP contribution in [0.15, 0.2) is 24.3 Å². The Balaban J connectivity index is 1.57. The van der Waals surface area contributed by atoms with E-state index in [-0.39, 0.29) is 25.5 Å². The molecule has 26 heavy (non-hydrogen) atoms. The summed E-state index contributed by atoms with van der Waals surface area (Å²) in [6, 6.07) is 7.88. The Kier molecular flexibility index (Phi) is 4.71. The predicted molar refractivity (Wildman–Crippen MR) is 102 cm³/mol. The van der Waals surface area contributed by atoms with Gasteiger partial charge in [-0.25, -0.2) is 4.79 Å². The van der Waals surface area contributed by atoms with Crippen molar-refractivity contribution in [1.82, 2.24) is 10.2 Å². The average molecular weight is 376 g/mol. The summed E-state index contributed by atoms with van der Waals surface area (Å²) in [7, 11) is 0. The lowest BCUT2D eigenvalue weighted by Crippen LogP contribution is -2.68. The molecule has 140 valence electrons.